The van der Waals surface area contributed by atoms with Gasteiger partial charge < -0.3 is 19.2 Å². The molecule has 0 bridgehead atoms. The van der Waals surface area contributed by atoms with E-state index in [2.05, 4.69) is 15.5 Å². The van der Waals surface area contributed by atoms with Gasteiger partial charge in [0, 0.05) is 0 Å². The summed E-state index contributed by atoms with van der Waals surface area (Å²) in [5.41, 5.74) is 0.575. The van der Waals surface area contributed by atoms with Crippen molar-refractivity contribution in [1.82, 2.24) is 10.2 Å². The van der Waals surface area contributed by atoms with Gasteiger partial charge in [-0.2, -0.15) is 0 Å². The third kappa shape index (κ3) is 5.26. The average Bonchev–Trinajstić information content (AvgIpc) is 3.18. The first-order valence-corrected chi connectivity index (χ1v) is 9.71. The van der Waals surface area contributed by atoms with Crippen molar-refractivity contribution in [3.8, 4) is 11.5 Å². The molecule has 0 saturated carbocycles. The number of hydrogen-bond acceptors (Lipinski definition) is 7. The van der Waals surface area contributed by atoms with Crippen LogP contribution in [0.5, 0.6) is 11.5 Å². The lowest BCUT2D eigenvalue weighted by molar-refractivity contribution is -0.115. The molecule has 0 aliphatic heterocycles. The van der Waals surface area contributed by atoms with E-state index in [1.54, 1.807) is 44.2 Å². The average molecular weight is 417 g/mol. The van der Waals surface area contributed by atoms with Crippen molar-refractivity contribution >= 4 is 23.4 Å². The minimum atomic E-state index is -0.647. The fraction of sp³-hybridized carbons (Fsp3) is 0.250. The number of ether oxygens (including phenoxy) is 2. The van der Waals surface area contributed by atoms with Crippen LogP contribution in [0.2, 0.25) is 0 Å². The predicted molar refractivity (Wildman–Crippen MR) is 107 cm³/mol. The Labute approximate surface area is 171 Å². The van der Waals surface area contributed by atoms with Crippen molar-refractivity contribution in [2.24, 2.45) is 0 Å². The third-order valence-electron chi connectivity index (χ3n) is 3.92. The second-order valence-corrected chi connectivity index (χ2v) is 7.34. The fourth-order valence-electron chi connectivity index (χ4n) is 2.40. The quantitative estimate of drug-likeness (QED) is 0.541. The van der Waals surface area contributed by atoms with Gasteiger partial charge in [0.25, 0.3) is 11.1 Å². The van der Waals surface area contributed by atoms with E-state index in [0.717, 1.165) is 11.8 Å². The molecule has 0 fully saturated rings. The highest BCUT2D eigenvalue weighted by molar-refractivity contribution is 8.00. The van der Waals surface area contributed by atoms with Crippen LogP contribution in [0.25, 0.3) is 0 Å². The molecule has 1 N–H and O–H groups in total. The van der Waals surface area contributed by atoms with E-state index in [0.29, 0.717) is 11.4 Å². The van der Waals surface area contributed by atoms with Crippen molar-refractivity contribution in [2.75, 3.05) is 12.4 Å². The molecule has 0 aliphatic carbocycles. The van der Waals surface area contributed by atoms with Crippen LogP contribution in [0.4, 0.5) is 10.1 Å². The zero-order valence-corrected chi connectivity index (χ0v) is 16.9. The van der Waals surface area contributed by atoms with Crippen molar-refractivity contribution in [2.45, 2.75) is 30.4 Å². The van der Waals surface area contributed by atoms with Crippen LogP contribution >= 0.6 is 11.8 Å². The SMILES string of the molecule is COc1ccccc1NC(=O)[C@@H](C)Sc1nnc([C@H](C)Oc2ccccc2F)o1. The number of nitrogens with one attached hydrogen (secondary N) is 1. The van der Waals surface area contributed by atoms with Crippen molar-refractivity contribution in [3.05, 3.63) is 60.2 Å². The Bertz CT molecular complexity index is 982. The Kier molecular flexibility index (Phi) is 6.71. The van der Waals surface area contributed by atoms with Crippen molar-refractivity contribution < 1.29 is 23.1 Å². The number of methoxy groups -OCH3 is 1. The van der Waals surface area contributed by atoms with Gasteiger partial charge in [-0.3, -0.25) is 4.79 Å². The van der Waals surface area contributed by atoms with E-state index in [1.165, 1.54) is 19.2 Å². The summed E-state index contributed by atoms with van der Waals surface area (Å²) in [5, 5.41) is 10.4. The molecular weight excluding hydrogens is 397 g/mol. The number of nitrogens with zero attached hydrogens (tertiary/aromatic N) is 2. The summed E-state index contributed by atoms with van der Waals surface area (Å²) in [4.78, 5) is 12.5. The first-order chi connectivity index (χ1) is 14.0. The molecule has 1 amide bonds. The molecule has 0 unspecified atom stereocenters. The van der Waals surface area contributed by atoms with Gasteiger partial charge >= 0.3 is 0 Å². The highest BCUT2D eigenvalue weighted by Gasteiger charge is 2.22. The van der Waals surface area contributed by atoms with E-state index in [9.17, 15) is 9.18 Å². The number of thioether (sulfide) groups is 1. The van der Waals surface area contributed by atoms with Crippen molar-refractivity contribution in [1.29, 1.82) is 0 Å². The lowest BCUT2D eigenvalue weighted by atomic mass is 10.3. The molecule has 152 valence electrons. The molecule has 29 heavy (non-hydrogen) atoms. The highest BCUT2D eigenvalue weighted by Crippen LogP contribution is 2.29. The summed E-state index contributed by atoms with van der Waals surface area (Å²) in [6.45, 7) is 3.39. The zero-order chi connectivity index (χ0) is 20.8. The summed E-state index contributed by atoms with van der Waals surface area (Å²) in [6, 6.07) is 13.2. The van der Waals surface area contributed by atoms with Crippen LogP contribution in [0.1, 0.15) is 25.8 Å². The number of halogens is 1. The van der Waals surface area contributed by atoms with E-state index in [4.69, 9.17) is 13.9 Å². The van der Waals surface area contributed by atoms with E-state index in [1.807, 2.05) is 6.07 Å². The van der Waals surface area contributed by atoms with Crippen molar-refractivity contribution in [3.63, 3.8) is 0 Å². The largest absolute Gasteiger partial charge is 0.495 e. The van der Waals surface area contributed by atoms with Gasteiger partial charge in [-0.25, -0.2) is 4.39 Å². The zero-order valence-electron chi connectivity index (χ0n) is 16.1. The number of rotatable bonds is 8. The predicted octanol–water partition coefficient (Wildman–Crippen LogP) is 4.48. The van der Waals surface area contributed by atoms with Gasteiger partial charge in [0.1, 0.15) is 5.75 Å². The second-order valence-electron chi connectivity index (χ2n) is 6.05. The van der Waals surface area contributed by atoms with Crippen LogP contribution in [-0.2, 0) is 4.79 Å². The number of amides is 1. The minimum absolute atomic E-state index is 0.0944. The van der Waals surface area contributed by atoms with Gasteiger partial charge in [0.15, 0.2) is 17.7 Å². The minimum Gasteiger partial charge on any atom is -0.495 e. The van der Waals surface area contributed by atoms with E-state index >= 15 is 0 Å². The number of carbonyl (C=O) groups is 1. The van der Waals surface area contributed by atoms with Crippen LogP contribution < -0.4 is 14.8 Å². The molecule has 0 aliphatic rings. The maximum absolute atomic E-state index is 13.7. The van der Waals surface area contributed by atoms with Crippen LogP contribution in [0.3, 0.4) is 0 Å². The molecule has 0 radical (unpaired) electrons. The van der Waals surface area contributed by atoms with Gasteiger partial charge in [-0.1, -0.05) is 36.0 Å². The number of carbonyl (C=O) groups excluding carboxylic acids is 1. The van der Waals surface area contributed by atoms with Crippen LogP contribution in [0, 0.1) is 5.82 Å². The monoisotopic (exact) mass is 417 g/mol. The smallest absolute Gasteiger partial charge is 0.277 e. The van der Waals surface area contributed by atoms with Gasteiger partial charge in [-0.05, 0) is 38.1 Å². The Morgan fingerprint density at radius 1 is 1.10 bits per heavy atom. The molecule has 0 spiro atoms. The molecule has 1 aromatic heterocycles. The number of aromatic nitrogens is 2. The fourth-order valence-corrected chi connectivity index (χ4v) is 3.09. The Morgan fingerprint density at radius 2 is 1.79 bits per heavy atom. The maximum Gasteiger partial charge on any atom is 0.277 e. The van der Waals surface area contributed by atoms with Gasteiger partial charge in [0.2, 0.25) is 5.91 Å². The molecule has 7 nitrogen and oxygen atoms in total. The lowest BCUT2D eigenvalue weighted by Crippen LogP contribution is -2.22. The Balaban J connectivity index is 1.60. The summed E-state index contributed by atoms with van der Waals surface area (Å²) in [7, 11) is 1.54. The van der Waals surface area contributed by atoms with Gasteiger partial charge in [0.05, 0.1) is 18.0 Å². The molecule has 2 aromatic carbocycles. The first-order valence-electron chi connectivity index (χ1n) is 8.83. The summed E-state index contributed by atoms with van der Waals surface area (Å²) < 4.78 is 30.0. The van der Waals surface area contributed by atoms with E-state index < -0.39 is 17.2 Å². The highest BCUT2D eigenvalue weighted by atomic mass is 32.2. The number of para-hydroxylation sites is 3. The van der Waals surface area contributed by atoms with Gasteiger partial charge in [-0.15, -0.1) is 10.2 Å². The lowest BCUT2D eigenvalue weighted by Gasteiger charge is -2.13. The molecule has 1 heterocycles. The normalized spacial score (nSPS) is 12.8. The van der Waals surface area contributed by atoms with E-state index in [-0.39, 0.29) is 22.8 Å². The summed E-state index contributed by atoms with van der Waals surface area (Å²) >= 11 is 1.11. The molecule has 3 aromatic rings. The Morgan fingerprint density at radius 3 is 2.52 bits per heavy atom. The molecular formula is C20H20FN3O4S. The standard InChI is InChI=1S/C20H20FN3O4S/c1-12(27-16-10-6-4-8-14(16)21)19-23-24-20(28-19)29-13(2)18(25)22-15-9-5-7-11-17(15)26-3/h4-13H,1-3H3,(H,22,25)/t12-,13+/m0/s1. The maximum atomic E-state index is 13.7. The Hall–Kier alpha value is -3.07. The van der Waals surface area contributed by atoms with Crippen LogP contribution in [-0.4, -0.2) is 28.5 Å². The number of anilines is 1. The summed E-state index contributed by atoms with van der Waals surface area (Å²) in [6.07, 6.45) is -0.647. The molecule has 0 saturated heterocycles. The third-order valence-corrected chi connectivity index (χ3v) is 4.86. The molecule has 9 heteroatoms. The molecule has 2 atom stereocenters. The summed E-state index contributed by atoms with van der Waals surface area (Å²) in [5.74, 6) is 0.132. The van der Waals surface area contributed by atoms with Crippen LogP contribution in [0.15, 0.2) is 58.2 Å². The number of hydrogen-bond donors (Lipinski definition) is 1. The molecule has 3 rings (SSSR count). The second kappa shape index (κ2) is 9.42. The number of benzene rings is 2. The topological polar surface area (TPSA) is 86.5 Å². The first kappa shape index (κ1) is 20.7.